The van der Waals surface area contributed by atoms with Crippen molar-refractivity contribution in [3.05, 3.63) is 47.0 Å². The Morgan fingerprint density at radius 2 is 1.70 bits per heavy atom. The fourth-order valence-corrected chi connectivity index (χ4v) is 2.69. The van der Waals surface area contributed by atoms with Gasteiger partial charge in [-0.3, -0.25) is 4.79 Å². The van der Waals surface area contributed by atoms with E-state index in [1.807, 2.05) is 13.8 Å². The van der Waals surface area contributed by atoms with Crippen molar-refractivity contribution in [2.24, 2.45) is 5.92 Å². The zero-order valence-electron chi connectivity index (χ0n) is 17.7. The fraction of sp³-hybridized carbons (Fsp3) is 0.364. The molecule has 8 heteroatoms. The molecule has 0 saturated carbocycles. The van der Waals surface area contributed by atoms with Crippen LogP contribution in [-0.2, 0) is 9.53 Å². The average molecular weight is 436 g/mol. The largest absolute Gasteiger partial charge is 0.497 e. The second kappa shape index (κ2) is 10.7. The molecular formula is C22H26ClNO6. The Balaban J connectivity index is 2.06. The Morgan fingerprint density at radius 1 is 1.03 bits per heavy atom. The maximum absolute atomic E-state index is 12.5. The fourth-order valence-electron chi connectivity index (χ4n) is 2.43. The molecule has 0 bridgehead atoms. The Kier molecular flexibility index (Phi) is 8.35. The van der Waals surface area contributed by atoms with Gasteiger partial charge in [-0.25, -0.2) is 4.79 Å². The van der Waals surface area contributed by atoms with E-state index in [0.717, 1.165) is 0 Å². The Bertz CT molecular complexity index is 882. The zero-order valence-corrected chi connectivity index (χ0v) is 18.4. The van der Waals surface area contributed by atoms with Crippen LogP contribution in [0, 0.1) is 5.92 Å². The highest BCUT2D eigenvalue weighted by molar-refractivity contribution is 6.32. The molecule has 2 aromatic rings. The molecule has 2 rings (SSSR count). The summed E-state index contributed by atoms with van der Waals surface area (Å²) < 4.78 is 21.3. The highest BCUT2D eigenvalue weighted by Gasteiger charge is 2.22. The highest BCUT2D eigenvalue weighted by Crippen LogP contribution is 2.37. The second-order valence-corrected chi connectivity index (χ2v) is 7.37. The van der Waals surface area contributed by atoms with Crippen LogP contribution < -0.4 is 19.5 Å². The molecule has 0 aliphatic rings. The van der Waals surface area contributed by atoms with Gasteiger partial charge in [-0.15, -0.1) is 0 Å². The van der Waals surface area contributed by atoms with Crippen LogP contribution in [0.25, 0.3) is 0 Å². The number of carbonyl (C=O) groups is 2. The van der Waals surface area contributed by atoms with E-state index in [4.69, 9.17) is 30.5 Å². The van der Waals surface area contributed by atoms with Gasteiger partial charge < -0.3 is 24.3 Å². The average Bonchev–Trinajstić information content (AvgIpc) is 2.72. The summed E-state index contributed by atoms with van der Waals surface area (Å²) in [5, 5.41) is 2.90. The molecule has 0 aromatic heterocycles. The smallest absolute Gasteiger partial charge is 0.339 e. The van der Waals surface area contributed by atoms with E-state index in [2.05, 4.69) is 5.32 Å². The van der Waals surface area contributed by atoms with E-state index in [0.29, 0.717) is 35.5 Å². The van der Waals surface area contributed by atoms with Crippen LogP contribution in [0.2, 0.25) is 5.02 Å². The Morgan fingerprint density at radius 3 is 2.27 bits per heavy atom. The van der Waals surface area contributed by atoms with Crippen LogP contribution >= 0.6 is 11.6 Å². The molecule has 0 saturated heterocycles. The van der Waals surface area contributed by atoms with Crippen molar-refractivity contribution < 1.29 is 28.5 Å². The third kappa shape index (κ3) is 6.29. The molecule has 2 aromatic carbocycles. The number of methoxy groups -OCH3 is 2. The van der Waals surface area contributed by atoms with E-state index in [9.17, 15) is 9.59 Å². The molecule has 1 unspecified atom stereocenters. The molecule has 0 radical (unpaired) electrons. The number of amides is 1. The third-order valence-corrected chi connectivity index (χ3v) is 4.32. The first-order valence-corrected chi connectivity index (χ1v) is 9.79. The van der Waals surface area contributed by atoms with Gasteiger partial charge in [0, 0.05) is 5.69 Å². The minimum Gasteiger partial charge on any atom is -0.497 e. The first kappa shape index (κ1) is 23.3. The summed E-state index contributed by atoms with van der Waals surface area (Å²) >= 11 is 6.27. The predicted molar refractivity (Wildman–Crippen MR) is 115 cm³/mol. The first-order valence-electron chi connectivity index (χ1n) is 9.41. The van der Waals surface area contributed by atoms with E-state index in [1.54, 1.807) is 31.4 Å². The first-order chi connectivity index (χ1) is 14.2. The standard InChI is InChI=1S/C22H26ClNO6/c1-13(2)12-29-20-18(23)10-15(11-19(20)28-5)22(26)30-14(3)21(25)24-16-6-8-17(27-4)9-7-16/h6-11,13-14H,12H2,1-5H3,(H,24,25). The van der Waals surface area contributed by atoms with Gasteiger partial charge in [0.15, 0.2) is 17.6 Å². The minimum absolute atomic E-state index is 0.151. The van der Waals surface area contributed by atoms with Crippen LogP contribution in [0.5, 0.6) is 17.2 Å². The van der Waals surface area contributed by atoms with Gasteiger partial charge in [-0.05, 0) is 49.2 Å². The molecule has 0 aliphatic heterocycles. The van der Waals surface area contributed by atoms with Gasteiger partial charge in [-0.2, -0.15) is 0 Å². The molecule has 162 valence electrons. The Hall–Kier alpha value is -2.93. The number of benzene rings is 2. The molecule has 0 spiro atoms. The summed E-state index contributed by atoms with van der Waals surface area (Å²) in [4.78, 5) is 24.9. The van der Waals surface area contributed by atoms with Gasteiger partial charge in [0.2, 0.25) is 0 Å². The summed E-state index contributed by atoms with van der Waals surface area (Å²) in [6.45, 7) is 5.94. The number of rotatable bonds is 9. The lowest BCUT2D eigenvalue weighted by Gasteiger charge is -2.17. The topological polar surface area (TPSA) is 83.1 Å². The van der Waals surface area contributed by atoms with E-state index >= 15 is 0 Å². The van der Waals surface area contributed by atoms with E-state index in [-0.39, 0.29) is 10.6 Å². The predicted octanol–water partition coefficient (Wildman–Crippen LogP) is 4.58. The quantitative estimate of drug-likeness (QED) is 0.580. The molecule has 0 aliphatic carbocycles. The van der Waals surface area contributed by atoms with E-state index in [1.165, 1.54) is 26.2 Å². The molecule has 7 nitrogen and oxygen atoms in total. The third-order valence-electron chi connectivity index (χ3n) is 4.04. The lowest BCUT2D eigenvalue weighted by Crippen LogP contribution is -2.30. The van der Waals surface area contributed by atoms with Crippen molar-refractivity contribution in [2.75, 3.05) is 26.1 Å². The van der Waals surface area contributed by atoms with Crippen LogP contribution in [0.1, 0.15) is 31.1 Å². The normalized spacial score (nSPS) is 11.6. The van der Waals surface area contributed by atoms with Crippen molar-refractivity contribution in [1.29, 1.82) is 0 Å². The maximum Gasteiger partial charge on any atom is 0.339 e. The number of esters is 1. The number of hydrogen-bond acceptors (Lipinski definition) is 6. The molecular weight excluding hydrogens is 410 g/mol. The van der Waals surface area contributed by atoms with Gasteiger partial charge in [0.05, 0.1) is 31.4 Å². The lowest BCUT2D eigenvalue weighted by molar-refractivity contribution is -0.123. The SMILES string of the molecule is COc1ccc(NC(=O)C(C)OC(=O)c2cc(Cl)c(OCC(C)C)c(OC)c2)cc1. The maximum atomic E-state index is 12.5. The summed E-state index contributed by atoms with van der Waals surface area (Å²) in [6, 6.07) is 9.69. The van der Waals surface area contributed by atoms with E-state index < -0.39 is 18.0 Å². The van der Waals surface area contributed by atoms with Crippen LogP contribution in [0.15, 0.2) is 36.4 Å². The number of nitrogens with one attached hydrogen (secondary N) is 1. The van der Waals surface area contributed by atoms with Gasteiger partial charge >= 0.3 is 5.97 Å². The molecule has 0 heterocycles. The van der Waals surface area contributed by atoms with Gasteiger partial charge in [0.25, 0.3) is 5.91 Å². The zero-order chi connectivity index (χ0) is 22.3. The highest BCUT2D eigenvalue weighted by atomic mass is 35.5. The van der Waals surface area contributed by atoms with Gasteiger partial charge in [0.1, 0.15) is 5.75 Å². The van der Waals surface area contributed by atoms with Crippen molar-refractivity contribution in [2.45, 2.75) is 26.9 Å². The van der Waals surface area contributed by atoms with Crippen molar-refractivity contribution in [3.8, 4) is 17.2 Å². The van der Waals surface area contributed by atoms with Crippen LogP contribution in [0.4, 0.5) is 5.69 Å². The lowest BCUT2D eigenvalue weighted by atomic mass is 10.2. The number of hydrogen-bond donors (Lipinski definition) is 1. The molecule has 1 amide bonds. The summed E-state index contributed by atoms with van der Waals surface area (Å²) in [5.41, 5.74) is 0.706. The monoisotopic (exact) mass is 435 g/mol. The molecule has 1 N–H and O–H groups in total. The summed E-state index contributed by atoms with van der Waals surface area (Å²) in [7, 11) is 3.01. The number of carbonyl (C=O) groups excluding carboxylic acids is 2. The minimum atomic E-state index is -1.03. The second-order valence-electron chi connectivity index (χ2n) is 6.96. The summed E-state index contributed by atoms with van der Waals surface area (Å²) in [5.74, 6) is 0.450. The molecule has 30 heavy (non-hydrogen) atoms. The van der Waals surface area contributed by atoms with Crippen LogP contribution in [0.3, 0.4) is 0 Å². The van der Waals surface area contributed by atoms with Gasteiger partial charge in [-0.1, -0.05) is 25.4 Å². The summed E-state index contributed by atoms with van der Waals surface area (Å²) in [6.07, 6.45) is -1.03. The number of ether oxygens (including phenoxy) is 4. The molecule has 0 fully saturated rings. The Labute approximate surface area is 181 Å². The molecule has 1 atom stereocenters. The van der Waals surface area contributed by atoms with Crippen molar-refractivity contribution in [3.63, 3.8) is 0 Å². The van der Waals surface area contributed by atoms with Crippen LogP contribution in [-0.4, -0.2) is 38.8 Å². The number of halogens is 1. The van der Waals surface area contributed by atoms with Crippen molar-refractivity contribution >= 4 is 29.2 Å². The number of anilines is 1. The van der Waals surface area contributed by atoms with Crippen molar-refractivity contribution in [1.82, 2.24) is 0 Å².